The third-order valence-corrected chi connectivity index (χ3v) is 7.17. The fourth-order valence-corrected chi connectivity index (χ4v) is 4.90. The van der Waals surface area contributed by atoms with Crippen molar-refractivity contribution in [3.8, 4) is 28.1 Å². The molecule has 1 saturated heterocycles. The van der Waals surface area contributed by atoms with Gasteiger partial charge in [-0.05, 0) is 67.1 Å². The predicted octanol–water partition coefficient (Wildman–Crippen LogP) is 5.93. The molecule has 6 heteroatoms. The van der Waals surface area contributed by atoms with Crippen LogP contribution in [0.1, 0.15) is 11.1 Å². The molecule has 186 valence electrons. The maximum atomic E-state index is 6.07. The van der Waals surface area contributed by atoms with Gasteiger partial charge in [0.1, 0.15) is 18.1 Å². The van der Waals surface area contributed by atoms with Crippen LogP contribution in [0, 0.1) is 6.92 Å². The summed E-state index contributed by atoms with van der Waals surface area (Å²) in [6.45, 7) is 6.96. The van der Waals surface area contributed by atoms with Gasteiger partial charge in [0.2, 0.25) is 0 Å². The van der Waals surface area contributed by atoms with Crippen molar-refractivity contribution in [3.63, 3.8) is 0 Å². The average molecular weight is 490 g/mol. The second-order valence-corrected chi connectivity index (χ2v) is 9.78. The molecular weight excluding hydrogens is 458 g/mol. The molecule has 0 radical (unpaired) electrons. The van der Waals surface area contributed by atoms with Crippen LogP contribution >= 0.6 is 0 Å². The number of rotatable bonds is 6. The first-order valence-corrected chi connectivity index (χ1v) is 12.8. The topological polar surface area (TPSA) is 57.3 Å². The molecule has 37 heavy (non-hydrogen) atoms. The van der Waals surface area contributed by atoms with Crippen molar-refractivity contribution in [1.29, 1.82) is 0 Å². The summed E-state index contributed by atoms with van der Waals surface area (Å²) < 4.78 is 6.07. The molecule has 6 rings (SSSR count). The summed E-state index contributed by atoms with van der Waals surface area (Å²) in [5.41, 5.74) is 8.47. The van der Waals surface area contributed by atoms with Crippen molar-refractivity contribution in [2.75, 3.05) is 38.1 Å². The van der Waals surface area contributed by atoms with Gasteiger partial charge in [-0.3, -0.25) is 5.10 Å². The second kappa shape index (κ2) is 10.1. The van der Waals surface area contributed by atoms with Gasteiger partial charge in [0.15, 0.2) is 5.65 Å². The number of piperazine rings is 1. The fourth-order valence-electron chi connectivity index (χ4n) is 4.90. The highest BCUT2D eigenvalue weighted by molar-refractivity contribution is 5.93. The van der Waals surface area contributed by atoms with Crippen molar-refractivity contribution in [2.24, 2.45) is 0 Å². The number of aromatic nitrogens is 3. The molecule has 0 bridgehead atoms. The Morgan fingerprint density at radius 3 is 2.35 bits per heavy atom. The van der Waals surface area contributed by atoms with Gasteiger partial charge in [0.25, 0.3) is 0 Å². The van der Waals surface area contributed by atoms with Crippen LogP contribution in [0.15, 0.2) is 85.1 Å². The van der Waals surface area contributed by atoms with Crippen LogP contribution in [-0.4, -0.2) is 53.3 Å². The van der Waals surface area contributed by atoms with E-state index in [9.17, 15) is 0 Å². The van der Waals surface area contributed by atoms with E-state index in [0.29, 0.717) is 6.61 Å². The second-order valence-electron chi connectivity index (χ2n) is 9.78. The Hall–Kier alpha value is -4.16. The molecule has 0 aliphatic carbocycles. The zero-order chi connectivity index (χ0) is 25.2. The number of nitrogens with one attached hydrogen (secondary N) is 1. The predicted molar refractivity (Wildman–Crippen MR) is 150 cm³/mol. The van der Waals surface area contributed by atoms with Gasteiger partial charge in [-0.1, -0.05) is 42.5 Å². The minimum Gasteiger partial charge on any atom is -0.489 e. The van der Waals surface area contributed by atoms with E-state index in [2.05, 4.69) is 93.5 Å². The van der Waals surface area contributed by atoms with Gasteiger partial charge in [0.05, 0.1) is 0 Å². The van der Waals surface area contributed by atoms with Crippen molar-refractivity contribution < 1.29 is 4.74 Å². The van der Waals surface area contributed by atoms with Crippen LogP contribution in [0.5, 0.6) is 5.75 Å². The first kappa shape index (κ1) is 23.3. The number of likely N-dealkylation sites (N-methyl/N-ethyl adjacent to an activating group) is 1. The number of nitrogens with zero attached hydrogens (tertiary/aromatic N) is 4. The van der Waals surface area contributed by atoms with E-state index in [-0.39, 0.29) is 0 Å². The highest BCUT2D eigenvalue weighted by Gasteiger charge is 2.15. The summed E-state index contributed by atoms with van der Waals surface area (Å²) in [6, 6.07) is 27.5. The molecule has 1 aliphatic heterocycles. The Labute approximate surface area is 217 Å². The maximum Gasteiger partial charge on any atom is 0.155 e. The Morgan fingerprint density at radius 2 is 1.59 bits per heavy atom. The average Bonchev–Trinajstić information content (AvgIpc) is 3.37. The largest absolute Gasteiger partial charge is 0.489 e. The number of fused-ring (bicyclic) bond motifs is 1. The van der Waals surface area contributed by atoms with Crippen molar-refractivity contribution in [2.45, 2.75) is 13.5 Å². The molecule has 3 aromatic carbocycles. The third kappa shape index (κ3) is 4.93. The lowest BCUT2D eigenvalue weighted by Crippen LogP contribution is -2.44. The summed E-state index contributed by atoms with van der Waals surface area (Å²) >= 11 is 0. The quantitative estimate of drug-likeness (QED) is 0.320. The molecule has 5 aromatic rings. The smallest absolute Gasteiger partial charge is 0.155 e. The lowest BCUT2D eigenvalue weighted by molar-refractivity contribution is 0.304. The van der Waals surface area contributed by atoms with Gasteiger partial charge in [-0.2, -0.15) is 5.10 Å². The number of hydrogen-bond acceptors (Lipinski definition) is 5. The Morgan fingerprint density at radius 1 is 0.838 bits per heavy atom. The van der Waals surface area contributed by atoms with E-state index in [1.54, 1.807) is 0 Å². The zero-order valence-corrected chi connectivity index (χ0v) is 21.3. The van der Waals surface area contributed by atoms with Crippen LogP contribution in [0.4, 0.5) is 5.69 Å². The van der Waals surface area contributed by atoms with E-state index >= 15 is 0 Å². The summed E-state index contributed by atoms with van der Waals surface area (Å²) in [6.07, 6.45) is 1.92. The van der Waals surface area contributed by atoms with Gasteiger partial charge >= 0.3 is 0 Å². The van der Waals surface area contributed by atoms with Gasteiger partial charge in [-0.15, -0.1) is 0 Å². The maximum absolute atomic E-state index is 6.07. The molecule has 6 nitrogen and oxygen atoms in total. The summed E-state index contributed by atoms with van der Waals surface area (Å²) in [5, 5.41) is 8.72. The SMILES string of the molecule is Cc1cc(-c2n[nH]c3ncc(-c4ccc(N5CCN(C)CC5)cc4)cc23)ccc1OCc1ccccc1. The zero-order valence-electron chi connectivity index (χ0n) is 21.3. The van der Waals surface area contributed by atoms with Crippen LogP contribution in [0.2, 0.25) is 0 Å². The van der Waals surface area contributed by atoms with Crippen molar-refractivity contribution in [3.05, 3.63) is 96.2 Å². The number of H-pyrrole nitrogens is 1. The number of aryl methyl sites for hydroxylation is 1. The number of hydrogen-bond donors (Lipinski definition) is 1. The van der Waals surface area contributed by atoms with Crippen LogP contribution in [0.3, 0.4) is 0 Å². The van der Waals surface area contributed by atoms with Crippen molar-refractivity contribution in [1.82, 2.24) is 20.1 Å². The van der Waals surface area contributed by atoms with Crippen molar-refractivity contribution >= 4 is 16.7 Å². The first-order valence-electron chi connectivity index (χ1n) is 12.8. The minimum atomic E-state index is 0.549. The highest BCUT2D eigenvalue weighted by Crippen LogP contribution is 2.32. The molecule has 2 aromatic heterocycles. The number of benzene rings is 3. The van der Waals surface area contributed by atoms with E-state index in [1.165, 1.54) is 5.69 Å². The van der Waals surface area contributed by atoms with Gasteiger partial charge in [0, 0.05) is 54.6 Å². The third-order valence-electron chi connectivity index (χ3n) is 7.17. The Balaban J connectivity index is 1.23. The van der Waals surface area contributed by atoms with Crippen LogP contribution in [0.25, 0.3) is 33.4 Å². The molecule has 0 unspecified atom stereocenters. The summed E-state index contributed by atoms with van der Waals surface area (Å²) in [5.74, 6) is 0.881. The lowest BCUT2D eigenvalue weighted by atomic mass is 10.0. The monoisotopic (exact) mass is 489 g/mol. The molecular formula is C31H31N5O. The Kier molecular flexibility index (Phi) is 6.33. The molecule has 1 aliphatic rings. The molecule has 0 atom stereocenters. The molecule has 3 heterocycles. The standard InChI is InChI=1S/C31H31N5O/c1-22-18-25(10-13-29(22)37-21-23-6-4-3-5-7-23)30-28-19-26(20-32-31(28)34-33-30)24-8-11-27(12-9-24)36-16-14-35(2)15-17-36/h3-13,18-20H,14-17,21H2,1-2H3,(H,32,33,34). The molecule has 1 N–H and O–H groups in total. The van der Waals surface area contributed by atoms with E-state index in [4.69, 9.17) is 4.74 Å². The number of anilines is 1. The lowest BCUT2D eigenvalue weighted by Gasteiger charge is -2.34. The normalized spacial score (nSPS) is 14.3. The molecule has 0 spiro atoms. The van der Waals surface area contributed by atoms with Gasteiger partial charge < -0.3 is 14.5 Å². The first-order chi connectivity index (χ1) is 18.1. The van der Waals surface area contributed by atoms with E-state index in [0.717, 1.165) is 76.5 Å². The van der Waals surface area contributed by atoms with Gasteiger partial charge in [-0.25, -0.2) is 4.98 Å². The van der Waals surface area contributed by atoms with Crippen LogP contribution in [-0.2, 0) is 6.61 Å². The minimum absolute atomic E-state index is 0.549. The number of ether oxygens (including phenoxy) is 1. The van der Waals surface area contributed by atoms with E-state index < -0.39 is 0 Å². The Bertz CT molecular complexity index is 1500. The summed E-state index contributed by atoms with van der Waals surface area (Å²) in [7, 11) is 2.18. The highest BCUT2D eigenvalue weighted by atomic mass is 16.5. The molecule has 0 amide bonds. The number of pyridine rings is 1. The van der Waals surface area contributed by atoms with E-state index in [1.807, 2.05) is 30.5 Å². The molecule has 1 fully saturated rings. The fraction of sp³-hybridized carbons (Fsp3) is 0.226. The number of aromatic amines is 1. The van der Waals surface area contributed by atoms with Crippen LogP contribution < -0.4 is 9.64 Å². The molecule has 0 saturated carbocycles. The summed E-state index contributed by atoms with van der Waals surface area (Å²) in [4.78, 5) is 9.50.